The molecule has 4 heteroatoms. The van der Waals surface area contributed by atoms with Crippen molar-refractivity contribution in [1.29, 1.82) is 0 Å². The van der Waals surface area contributed by atoms with E-state index in [0.29, 0.717) is 5.92 Å². The van der Waals surface area contributed by atoms with Crippen LogP contribution >= 0.6 is 0 Å². The van der Waals surface area contributed by atoms with Crippen molar-refractivity contribution in [3.05, 3.63) is 11.6 Å². The molecule has 0 bridgehead atoms. The van der Waals surface area contributed by atoms with Gasteiger partial charge in [0, 0.05) is 11.6 Å². The van der Waals surface area contributed by atoms with Gasteiger partial charge in [-0.1, -0.05) is 11.6 Å². The second-order valence-electron chi connectivity index (χ2n) is 3.76. The van der Waals surface area contributed by atoms with Crippen molar-refractivity contribution >= 4 is 11.7 Å². The minimum absolute atomic E-state index is 0.451. The number of hydrogen-bond acceptors (Lipinski definition) is 2. The van der Waals surface area contributed by atoms with Crippen LogP contribution in [0, 0.1) is 5.92 Å². The number of amides is 2. The van der Waals surface area contributed by atoms with E-state index >= 15 is 0 Å². The summed E-state index contributed by atoms with van der Waals surface area (Å²) in [5.74, 6) is 0.451. The fourth-order valence-corrected chi connectivity index (χ4v) is 1.70. The number of hydrazone groups is 1. The van der Waals surface area contributed by atoms with Gasteiger partial charge in [0.25, 0.3) is 0 Å². The fourth-order valence-electron chi connectivity index (χ4n) is 1.70. The summed E-state index contributed by atoms with van der Waals surface area (Å²) < 4.78 is 0. The van der Waals surface area contributed by atoms with E-state index in [9.17, 15) is 4.79 Å². The second kappa shape index (κ2) is 4.79. The van der Waals surface area contributed by atoms with Gasteiger partial charge in [0.1, 0.15) is 0 Å². The third-order valence-corrected chi connectivity index (χ3v) is 2.51. The van der Waals surface area contributed by atoms with Crippen LogP contribution in [0.1, 0.15) is 33.1 Å². The van der Waals surface area contributed by atoms with E-state index < -0.39 is 6.03 Å². The molecule has 1 atom stereocenters. The first-order chi connectivity index (χ1) is 6.59. The molecule has 0 aliphatic heterocycles. The molecular weight excluding hydrogens is 178 g/mol. The first-order valence-electron chi connectivity index (χ1n) is 4.85. The normalized spacial score (nSPS) is 22.9. The zero-order valence-electron chi connectivity index (χ0n) is 8.71. The molecule has 0 saturated carbocycles. The van der Waals surface area contributed by atoms with E-state index in [1.807, 2.05) is 6.92 Å². The number of nitrogens with one attached hydrogen (secondary N) is 1. The van der Waals surface area contributed by atoms with Crippen LogP contribution < -0.4 is 11.2 Å². The molecule has 0 aromatic heterocycles. The molecule has 1 aliphatic rings. The number of primary amides is 1. The molecule has 0 radical (unpaired) electrons. The average Bonchev–Trinajstić information content (AvgIpc) is 2.14. The lowest BCUT2D eigenvalue weighted by Crippen LogP contribution is -2.27. The number of rotatable bonds is 2. The zero-order valence-corrected chi connectivity index (χ0v) is 8.71. The largest absolute Gasteiger partial charge is 0.350 e. The van der Waals surface area contributed by atoms with E-state index in [0.717, 1.165) is 25.0 Å². The van der Waals surface area contributed by atoms with E-state index in [2.05, 4.69) is 23.5 Å². The predicted octanol–water partition coefficient (Wildman–Crippen LogP) is 1.78. The van der Waals surface area contributed by atoms with Crippen LogP contribution in [-0.2, 0) is 0 Å². The fraction of sp³-hybridized carbons (Fsp3) is 0.600. The molecular formula is C10H17N3O. The van der Waals surface area contributed by atoms with Gasteiger partial charge in [-0.05, 0) is 33.1 Å². The summed E-state index contributed by atoms with van der Waals surface area (Å²) in [6.07, 6.45) is 5.49. The molecule has 0 fully saturated rings. The van der Waals surface area contributed by atoms with Crippen molar-refractivity contribution in [2.24, 2.45) is 16.8 Å². The Labute approximate surface area is 84.2 Å². The van der Waals surface area contributed by atoms with E-state index in [1.54, 1.807) is 0 Å². The van der Waals surface area contributed by atoms with Gasteiger partial charge in [-0.25, -0.2) is 10.2 Å². The van der Waals surface area contributed by atoms with Gasteiger partial charge < -0.3 is 5.73 Å². The smallest absolute Gasteiger partial charge is 0.332 e. The zero-order chi connectivity index (χ0) is 10.6. The van der Waals surface area contributed by atoms with Crippen LogP contribution in [0.25, 0.3) is 0 Å². The highest BCUT2D eigenvalue weighted by atomic mass is 16.2. The summed E-state index contributed by atoms with van der Waals surface area (Å²) in [6.45, 7) is 4.06. The van der Waals surface area contributed by atoms with Crippen molar-refractivity contribution in [1.82, 2.24) is 5.43 Å². The Kier molecular flexibility index (Phi) is 3.68. The topological polar surface area (TPSA) is 67.5 Å². The quantitative estimate of drug-likeness (QED) is 0.393. The predicted molar refractivity (Wildman–Crippen MR) is 56.9 cm³/mol. The SMILES string of the molecule is CC1=CCCC(/C(C)=N\NC(N)=O)C1. The Morgan fingerprint density at radius 3 is 3.00 bits per heavy atom. The van der Waals surface area contributed by atoms with Gasteiger partial charge >= 0.3 is 6.03 Å². The maximum atomic E-state index is 10.4. The highest BCUT2D eigenvalue weighted by molar-refractivity contribution is 5.86. The number of carbonyl (C=O) groups excluding carboxylic acids is 1. The molecule has 4 nitrogen and oxygen atoms in total. The second-order valence-corrected chi connectivity index (χ2v) is 3.76. The van der Waals surface area contributed by atoms with Crippen molar-refractivity contribution in [2.45, 2.75) is 33.1 Å². The third-order valence-electron chi connectivity index (χ3n) is 2.51. The van der Waals surface area contributed by atoms with Crippen LogP contribution in [0.15, 0.2) is 16.8 Å². The van der Waals surface area contributed by atoms with Gasteiger partial charge in [0.2, 0.25) is 0 Å². The monoisotopic (exact) mass is 195 g/mol. The summed E-state index contributed by atoms with van der Waals surface area (Å²) in [4.78, 5) is 10.4. The number of hydrogen-bond donors (Lipinski definition) is 2. The Morgan fingerprint density at radius 1 is 1.71 bits per heavy atom. The molecule has 2 amide bonds. The van der Waals surface area contributed by atoms with Crippen molar-refractivity contribution in [3.8, 4) is 0 Å². The van der Waals surface area contributed by atoms with Crippen LogP contribution in [0.2, 0.25) is 0 Å². The number of nitrogens with zero attached hydrogens (tertiary/aromatic N) is 1. The molecule has 0 spiro atoms. The lowest BCUT2D eigenvalue weighted by molar-refractivity contribution is 0.249. The molecule has 78 valence electrons. The Hall–Kier alpha value is -1.32. The number of carbonyl (C=O) groups is 1. The van der Waals surface area contributed by atoms with Gasteiger partial charge in [-0.3, -0.25) is 0 Å². The Balaban J connectivity index is 2.52. The Bertz CT molecular complexity index is 281. The maximum absolute atomic E-state index is 10.4. The van der Waals surface area contributed by atoms with Crippen LogP contribution in [0.4, 0.5) is 4.79 Å². The molecule has 1 rings (SSSR count). The van der Waals surface area contributed by atoms with E-state index in [-0.39, 0.29) is 0 Å². The molecule has 14 heavy (non-hydrogen) atoms. The van der Waals surface area contributed by atoms with Crippen LogP contribution in [0.3, 0.4) is 0 Å². The Morgan fingerprint density at radius 2 is 2.43 bits per heavy atom. The minimum Gasteiger partial charge on any atom is -0.350 e. The van der Waals surface area contributed by atoms with Crippen LogP contribution in [-0.4, -0.2) is 11.7 Å². The summed E-state index contributed by atoms with van der Waals surface area (Å²) in [7, 11) is 0. The van der Waals surface area contributed by atoms with Crippen molar-refractivity contribution in [3.63, 3.8) is 0 Å². The first-order valence-corrected chi connectivity index (χ1v) is 4.85. The lowest BCUT2D eigenvalue weighted by Gasteiger charge is -2.20. The van der Waals surface area contributed by atoms with Gasteiger partial charge in [-0.15, -0.1) is 0 Å². The number of urea groups is 1. The maximum Gasteiger partial charge on any atom is 0.332 e. The summed E-state index contributed by atoms with van der Waals surface area (Å²) >= 11 is 0. The third kappa shape index (κ3) is 3.20. The van der Waals surface area contributed by atoms with Gasteiger partial charge in [-0.2, -0.15) is 5.10 Å². The highest BCUT2D eigenvalue weighted by Crippen LogP contribution is 2.24. The van der Waals surface area contributed by atoms with Crippen molar-refractivity contribution in [2.75, 3.05) is 0 Å². The van der Waals surface area contributed by atoms with E-state index in [4.69, 9.17) is 5.73 Å². The van der Waals surface area contributed by atoms with Gasteiger partial charge in [0.05, 0.1) is 0 Å². The van der Waals surface area contributed by atoms with E-state index in [1.165, 1.54) is 5.57 Å². The molecule has 3 N–H and O–H groups in total. The molecule has 0 aromatic rings. The molecule has 0 heterocycles. The first kappa shape index (κ1) is 10.8. The minimum atomic E-state index is -0.604. The van der Waals surface area contributed by atoms with Gasteiger partial charge in [0.15, 0.2) is 0 Å². The standard InChI is InChI=1S/C10H17N3O/c1-7-4-3-5-9(6-7)8(2)12-13-10(11)14/h4,9H,3,5-6H2,1-2H3,(H3,11,13,14)/b12-8-. The number of nitrogens with two attached hydrogens (primary N) is 1. The lowest BCUT2D eigenvalue weighted by atomic mass is 9.87. The summed E-state index contributed by atoms with van der Waals surface area (Å²) in [6, 6.07) is -0.604. The number of allylic oxidation sites excluding steroid dienone is 2. The molecule has 1 unspecified atom stereocenters. The average molecular weight is 195 g/mol. The van der Waals surface area contributed by atoms with Crippen LogP contribution in [0.5, 0.6) is 0 Å². The summed E-state index contributed by atoms with van der Waals surface area (Å²) in [5, 5.41) is 3.95. The molecule has 0 aromatic carbocycles. The summed E-state index contributed by atoms with van der Waals surface area (Å²) in [5.41, 5.74) is 9.55. The molecule has 0 saturated heterocycles. The van der Waals surface area contributed by atoms with Crippen molar-refractivity contribution < 1.29 is 4.79 Å². The highest BCUT2D eigenvalue weighted by Gasteiger charge is 2.16. The molecule has 1 aliphatic carbocycles.